The minimum atomic E-state index is -0.252. The smallest absolute Gasteiger partial charge is 0.338 e. The van der Waals surface area contributed by atoms with E-state index in [2.05, 4.69) is 26.0 Å². The van der Waals surface area contributed by atoms with Gasteiger partial charge in [0.2, 0.25) is 0 Å². The highest BCUT2D eigenvalue weighted by Gasteiger charge is 2.23. The van der Waals surface area contributed by atoms with Crippen LogP contribution in [0.15, 0.2) is 24.3 Å². The van der Waals surface area contributed by atoms with Gasteiger partial charge in [0.1, 0.15) is 6.10 Å². The Morgan fingerprint density at radius 3 is 2.17 bits per heavy atom. The Bertz CT molecular complexity index is 587. The van der Waals surface area contributed by atoms with Gasteiger partial charge in [0.25, 0.3) is 0 Å². The molecule has 3 nitrogen and oxygen atoms in total. The van der Waals surface area contributed by atoms with E-state index in [1.165, 1.54) is 69.8 Å². The Kier molecular flexibility index (Phi) is 11.5. The molecular formula is C27H44O3. The summed E-state index contributed by atoms with van der Waals surface area (Å²) in [6.45, 7) is 9.08. The molecule has 0 radical (unpaired) electrons. The van der Waals surface area contributed by atoms with E-state index in [0.717, 1.165) is 18.9 Å². The van der Waals surface area contributed by atoms with E-state index in [4.69, 9.17) is 9.47 Å². The van der Waals surface area contributed by atoms with Gasteiger partial charge < -0.3 is 9.47 Å². The van der Waals surface area contributed by atoms with Crippen LogP contribution in [-0.2, 0) is 9.47 Å². The van der Waals surface area contributed by atoms with Crippen LogP contribution in [0.2, 0.25) is 0 Å². The third kappa shape index (κ3) is 8.41. The van der Waals surface area contributed by atoms with Crippen LogP contribution in [0.4, 0.5) is 0 Å². The van der Waals surface area contributed by atoms with E-state index in [0.29, 0.717) is 11.5 Å². The molecule has 1 aromatic rings. The number of hydrogen-bond donors (Lipinski definition) is 0. The molecule has 1 aliphatic carbocycles. The van der Waals surface area contributed by atoms with E-state index < -0.39 is 0 Å². The van der Waals surface area contributed by atoms with Gasteiger partial charge in [-0.3, -0.25) is 0 Å². The van der Waals surface area contributed by atoms with Crippen LogP contribution < -0.4 is 0 Å². The van der Waals surface area contributed by atoms with Crippen LogP contribution in [0.3, 0.4) is 0 Å². The van der Waals surface area contributed by atoms with E-state index in [-0.39, 0.29) is 18.2 Å². The fraction of sp³-hybridized carbons (Fsp3) is 0.741. The molecule has 2 rings (SSSR count). The summed E-state index contributed by atoms with van der Waals surface area (Å²) >= 11 is 0. The zero-order valence-electron chi connectivity index (χ0n) is 19.8. The highest BCUT2D eigenvalue weighted by molar-refractivity contribution is 5.89. The standard InChI is InChI=1S/C27H44O3/c1-5-7-9-11-23-12-14-24(15-13-23)25-16-18-26(19-17-25)27(28)30-22(4)21(3)29-20-10-8-6-2/h16-19,21-24H,5-15,20H2,1-4H3. The molecule has 0 heterocycles. The number of rotatable bonds is 13. The average Bonchev–Trinajstić information content (AvgIpc) is 2.77. The van der Waals surface area contributed by atoms with Gasteiger partial charge in [0.05, 0.1) is 11.7 Å². The third-order valence-electron chi connectivity index (χ3n) is 6.76. The van der Waals surface area contributed by atoms with E-state index >= 15 is 0 Å². The van der Waals surface area contributed by atoms with E-state index in [1.54, 1.807) is 0 Å². The first-order valence-electron chi connectivity index (χ1n) is 12.5. The normalized spacial score (nSPS) is 21.2. The van der Waals surface area contributed by atoms with Crippen molar-refractivity contribution in [2.45, 2.75) is 116 Å². The maximum Gasteiger partial charge on any atom is 0.338 e. The molecule has 0 aromatic heterocycles. The van der Waals surface area contributed by atoms with Gasteiger partial charge in [-0.25, -0.2) is 4.79 Å². The summed E-state index contributed by atoms with van der Waals surface area (Å²) < 4.78 is 11.4. The highest BCUT2D eigenvalue weighted by atomic mass is 16.6. The maximum absolute atomic E-state index is 12.5. The van der Waals surface area contributed by atoms with E-state index in [9.17, 15) is 4.79 Å². The molecule has 1 aromatic carbocycles. The third-order valence-corrected chi connectivity index (χ3v) is 6.76. The molecule has 2 atom stereocenters. The zero-order chi connectivity index (χ0) is 21.8. The number of carbonyl (C=O) groups is 1. The van der Waals surface area contributed by atoms with Crippen molar-refractivity contribution in [3.63, 3.8) is 0 Å². The number of benzene rings is 1. The maximum atomic E-state index is 12.5. The average molecular weight is 417 g/mol. The predicted molar refractivity (Wildman–Crippen MR) is 125 cm³/mol. The molecule has 0 bridgehead atoms. The molecule has 0 N–H and O–H groups in total. The molecule has 0 aliphatic heterocycles. The summed E-state index contributed by atoms with van der Waals surface area (Å²) in [4.78, 5) is 12.5. The van der Waals surface area contributed by atoms with Gasteiger partial charge in [0, 0.05) is 6.61 Å². The van der Waals surface area contributed by atoms with Crippen molar-refractivity contribution >= 4 is 5.97 Å². The summed E-state index contributed by atoms with van der Waals surface area (Å²) in [6.07, 6.45) is 13.8. The number of hydrogen-bond acceptors (Lipinski definition) is 3. The lowest BCUT2D eigenvalue weighted by atomic mass is 9.77. The van der Waals surface area contributed by atoms with Crippen molar-refractivity contribution in [3.05, 3.63) is 35.4 Å². The van der Waals surface area contributed by atoms with Crippen molar-refractivity contribution < 1.29 is 14.3 Å². The zero-order valence-corrected chi connectivity index (χ0v) is 19.8. The van der Waals surface area contributed by atoms with Gasteiger partial charge in [-0.2, -0.15) is 0 Å². The molecule has 0 spiro atoms. The summed E-state index contributed by atoms with van der Waals surface area (Å²) in [6, 6.07) is 8.14. The second kappa shape index (κ2) is 13.9. The number of unbranched alkanes of at least 4 members (excludes halogenated alkanes) is 4. The largest absolute Gasteiger partial charge is 0.456 e. The first-order chi connectivity index (χ1) is 14.5. The lowest BCUT2D eigenvalue weighted by molar-refractivity contribution is -0.0385. The molecule has 1 saturated carbocycles. The fourth-order valence-corrected chi connectivity index (χ4v) is 4.45. The molecule has 2 unspecified atom stereocenters. The van der Waals surface area contributed by atoms with Crippen molar-refractivity contribution in [1.82, 2.24) is 0 Å². The van der Waals surface area contributed by atoms with Crippen LogP contribution in [-0.4, -0.2) is 24.8 Å². The van der Waals surface area contributed by atoms with Gasteiger partial charge >= 0.3 is 5.97 Å². The van der Waals surface area contributed by atoms with Gasteiger partial charge in [-0.15, -0.1) is 0 Å². The SMILES string of the molecule is CCCCCOC(C)C(C)OC(=O)c1ccc(C2CCC(CCCCC)CC2)cc1. The van der Waals surface area contributed by atoms with Crippen LogP contribution in [0.25, 0.3) is 0 Å². The molecule has 30 heavy (non-hydrogen) atoms. The molecule has 170 valence electrons. The minimum absolute atomic E-state index is 0.0856. The van der Waals surface area contributed by atoms with Crippen LogP contribution in [0, 0.1) is 5.92 Å². The summed E-state index contributed by atoms with van der Waals surface area (Å²) in [5.41, 5.74) is 2.01. The number of carbonyl (C=O) groups excluding carboxylic acids is 1. The molecule has 3 heteroatoms. The quantitative estimate of drug-likeness (QED) is 0.244. The fourth-order valence-electron chi connectivity index (χ4n) is 4.45. The molecular weight excluding hydrogens is 372 g/mol. The Balaban J connectivity index is 1.76. The molecule has 1 fully saturated rings. The first kappa shape index (κ1) is 24.9. The monoisotopic (exact) mass is 416 g/mol. The van der Waals surface area contributed by atoms with E-state index in [1.807, 2.05) is 26.0 Å². The number of esters is 1. The van der Waals surface area contributed by atoms with Crippen molar-refractivity contribution in [3.8, 4) is 0 Å². The lowest BCUT2D eigenvalue weighted by Gasteiger charge is -2.29. The van der Waals surface area contributed by atoms with Crippen LogP contribution in [0.5, 0.6) is 0 Å². The predicted octanol–water partition coefficient (Wildman–Crippen LogP) is 7.68. The van der Waals surface area contributed by atoms with Crippen LogP contribution >= 0.6 is 0 Å². The molecule has 0 saturated heterocycles. The Hall–Kier alpha value is -1.35. The Morgan fingerprint density at radius 1 is 0.900 bits per heavy atom. The van der Waals surface area contributed by atoms with Crippen molar-refractivity contribution in [1.29, 1.82) is 0 Å². The molecule has 1 aliphatic rings. The summed E-state index contributed by atoms with van der Waals surface area (Å²) in [5.74, 6) is 1.32. The highest BCUT2D eigenvalue weighted by Crippen LogP contribution is 2.37. The first-order valence-corrected chi connectivity index (χ1v) is 12.5. The van der Waals surface area contributed by atoms with Crippen molar-refractivity contribution in [2.75, 3.05) is 6.61 Å². The minimum Gasteiger partial charge on any atom is -0.456 e. The second-order valence-electron chi connectivity index (χ2n) is 9.23. The molecule has 0 amide bonds. The van der Waals surface area contributed by atoms with Crippen molar-refractivity contribution in [2.24, 2.45) is 5.92 Å². The Morgan fingerprint density at radius 2 is 1.53 bits per heavy atom. The van der Waals surface area contributed by atoms with Gasteiger partial charge in [-0.1, -0.05) is 64.5 Å². The summed E-state index contributed by atoms with van der Waals surface area (Å²) in [5, 5.41) is 0. The number of ether oxygens (including phenoxy) is 2. The summed E-state index contributed by atoms with van der Waals surface area (Å²) in [7, 11) is 0. The lowest BCUT2D eigenvalue weighted by Crippen LogP contribution is -2.29. The van der Waals surface area contributed by atoms with Gasteiger partial charge in [0.15, 0.2) is 0 Å². The topological polar surface area (TPSA) is 35.5 Å². The second-order valence-corrected chi connectivity index (χ2v) is 9.23. The van der Waals surface area contributed by atoms with Crippen LogP contribution in [0.1, 0.15) is 120 Å². The Labute approximate surface area is 184 Å². The van der Waals surface area contributed by atoms with Gasteiger partial charge in [-0.05, 0) is 75.5 Å².